The SMILES string of the molecule is O=C(O)COc1ccc(/C=N\NC(=O)c2cc3cc([N+](=O)[O-])ccc3s2)cc1I. The predicted octanol–water partition coefficient (Wildman–Crippen LogP) is 3.64. The zero-order valence-electron chi connectivity index (χ0n) is 14.5. The van der Waals surface area contributed by atoms with Crippen molar-refractivity contribution < 1.29 is 24.4 Å². The highest BCUT2D eigenvalue weighted by molar-refractivity contribution is 14.1. The number of non-ortho nitro benzene ring substituents is 1. The lowest BCUT2D eigenvalue weighted by Gasteiger charge is -2.06. The number of benzene rings is 2. The van der Waals surface area contributed by atoms with Gasteiger partial charge in [0.15, 0.2) is 6.61 Å². The van der Waals surface area contributed by atoms with Crippen LogP contribution in [0.5, 0.6) is 5.75 Å². The topological polar surface area (TPSA) is 131 Å². The number of nitrogens with zero attached hydrogens (tertiary/aromatic N) is 2. The molecule has 0 radical (unpaired) electrons. The number of fused-ring (bicyclic) bond motifs is 1. The van der Waals surface area contributed by atoms with Crippen molar-refractivity contribution in [3.63, 3.8) is 0 Å². The van der Waals surface area contributed by atoms with Crippen LogP contribution in [0.1, 0.15) is 15.2 Å². The van der Waals surface area contributed by atoms with E-state index in [0.29, 0.717) is 25.1 Å². The number of carbonyl (C=O) groups is 2. The molecule has 1 heterocycles. The van der Waals surface area contributed by atoms with Gasteiger partial charge in [0.05, 0.1) is 19.6 Å². The van der Waals surface area contributed by atoms with Crippen molar-refractivity contribution in [2.24, 2.45) is 5.10 Å². The highest BCUT2D eigenvalue weighted by Crippen LogP contribution is 2.29. The molecule has 0 aliphatic heterocycles. The first-order valence-electron chi connectivity index (χ1n) is 7.99. The van der Waals surface area contributed by atoms with Crippen molar-refractivity contribution in [1.29, 1.82) is 0 Å². The number of nitro benzene ring substituents is 1. The average molecular weight is 525 g/mol. The molecule has 1 aromatic heterocycles. The molecule has 0 atom stereocenters. The van der Waals surface area contributed by atoms with Crippen LogP contribution in [0.25, 0.3) is 10.1 Å². The molecule has 11 heteroatoms. The van der Waals surface area contributed by atoms with Crippen molar-refractivity contribution in [1.82, 2.24) is 5.43 Å². The third-order valence-electron chi connectivity index (χ3n) is 3.62. The number of ether oxygens (including phenoxy) is 1. The molecule has 9 nitrogen and oxygen atoms in total. The summed E-state index contributed by atoms with van der Waals surface area (Å²) in [5.41, 5.74) is 3.06. The van der Waals surface area contributed by atoms with Crippen LogP contribution in [0.15, 0.2) is 47.6 Å². The monoisotopic (exact) mass is 525 g/mol. The second kappa shape index (κ2) is 8.96. The Morgan fingerprint density at radius 3 is 2.76 bits per heavy atom. The lowest BCUT2D eigenvalue weighted by Crippen LogP contribution is -2.16. The van der Waals surface area contributed by atoms with Crippen molar-refractivity contribution in [3.8, 4) is 5.75 Å². The minimum Gasteiger partial charge on any atom is -0.481 e. The number of amides is 1. The van der Waals surface area contributed by atoms with Crippen LogP contribution in [-0.2, 0) is 4.79 Å². The van der Waals surface area contributed by atoms with E-state index in [9.17, 15) is 19.7 Å². The minimum absolute atomic E-state index is 0.0364. The van der Waals surface area contributed by atoms with Crippen LogP contribution in [-0.4, -0.2) is 34.7 Å². The van der Waals surface area contributed by atoms with Gasteiger partial charge in [-0.05, 0) is 58.5 Å². The van der Waals surface area contributed by atoms with Gasteiger partial charge in [-0.3, -0.25) is 14.9 Å². The summed E-state index contributed by atoms with van der Waals surface area (Å²) in [5.74, 6) is -1.06. The normalized spacial score (nSPS) is 10.9. The van der Waals surface area contributed by atoms with Crippen LogP contribution in [0, 0.1) is 13.7 Å². The Labute approximate surface area is 181 Å². The Bertz CT molecular complexity index is 1140. The first-order valence-corrected chi connectivity index (χ1v) is 9.88. The summed E-state index contributed by atoms with van der Waals surface area (Å²) in [5, 5.41) is 24.0. The Morgan fingerprint density at radius 1 is 1.28 bits per heavy atom. The van der Waals surface area contributed by atoms with Crippen LogP contribution in [0.3, 0.4) is 0 Å². The number of hydrogen-bond acceptors (Lipinski definition) is 7. The van der Waals surface area contributed by atoms with E-state index in [1.165, 1.54) is 29.7 Å². The van der Waals surface area contributed by atoms with Crippen LogP contribution < -0.4 is 10.2 Å². The van der Waals surface area contributed by atoms with Gasteiger partial charge in [-0.1, -0.05) is 0 Å². The third-order valence-corrected chi connectivity index (χ3v) is 5.58. The molecule has 2 aromatic carbocycles. The molecule has 0 aliphatic carbocycles. The van der Waals surface area contributed by atoms with E-state index >= 15 is 0 Å². The van der Waals surface area contributed by atoms with Gasteiger partial charge in [0.1, 0.15) is 5.75 Å². The lowest BCUT2D eigenvalue weighted by molar-refractivity contribution is -0.384. The van der Waals surface area contributed by atoms with Crippen LogP contribution in [0.4, 0.5) is 5.69 Å². The number of hydrazone groups is 1. The Kier molecular flexibility index (Phi) is 6.39. The van der Waals surface area contributed by atoms with E-state index in [1.54, 1.807) is 30.3 Å². The fraction of sp³-hybridized carbons (Fsp3) is 0.0556. The molecule has 1 amide bonds. The summed E-state index contributed by atoms with van der Waals surface area (Å²) in [4.78, 5) is 33.6. The number of halogens is 1. The number of nitro groups is 1. The summed E-state index contributed by atoms with van der Waals surface area (Å²) in [6, 6.07) is 11.0. The Morgan fingerprint density at radius 2 is 2.07 bits per heavy atom. The van der Waals surface area contributed by atoms with Gasteiger partial charge in [0.2, 0.25) is 0 Å². The molecule has 0 spiro atoms. The van der Waals surface area contributed by atoms with Gasteiger partial charge in [-0.2, -0.15) is 5.10 Å². The van der Waals surface area contributed by atoms with E-state index in [0.717, 1.165) is 4.70 Å². The maximum Gasteiger partial charge on any atom is 0.341 e. The summed E-state index contributed by atoms with van der Waals surface area (Å²) in [7, 11) is 0. The van der Waals surface area contributed by atoms with E-state index in [1.807, 2.05) is 22.6 Å². The molecular formula is C18H12IN3O6S. The van der Waals surface area contributed by atoms with Crippen molar-refractivity contribution in [3.05, 3.63) is 66.6 Å². The van der Waals surface area contributed by atoms with Gasteiger partial charge in [0, 0.05) is 22.2 Å². The minimum atomic E-state index is -1.06. The maximum atomic E-state index is 12.3. The van der Waals surface area contributed by atoms with Crippen molar-refractivity contribution >= 4 is 67.8 Å². The molecule has 29 heavy (non-hydrogen) atoms. The van der Waals surface area contributed by atoms with Crippen LogP contribution >= 0.6 is 33.9 Å². The molecular weight excluding hydrogens is 513 g/mol. The molecule has 0 fully saturated rings. The Balaban J connectivity index is 1.66. The van der Waals surface area contributed by atoms with Gasteiger partial charge in [0.25, 0.3) is 11.6 Å². The molecule has 0 saturated carbocycles. The number of carboxylic acids is 1. The first-order chi connectivity index (χ1) is 13.8. The number of hydrogen-bond donors (Lipinski definition) is 2. The summed E-state index contributed by atoms with van der Waals surface area (Å²) in [6.07, 6.45) is 1.44. The van der Waals surface area contributed by atoms with Crippen molar-refractivity contribution in [2.75, 3.05) is 6.61 Å². The van der Waals surface area contributed by atoms with E-state index in [4.69, 9.17) is 9.84 Å². The quantitative estimate of drug-likeness (QED) is 0.210. The van der Waals surface area contributed by atoms with Gasteiger partial charge >= 0.3 is 5.97 Å². The van der Waals surface area contributed by atoms with E-state index in [-0.39, 0.29) is 5.69 Å². The smallest absolute Gasteiger partial charge is 0.341 e. The zero-order chi connectivity index (χ0) is 21.0. The number of carbonyl (C=O) groups excluding carboxylic acids is 1. The molecule has 0 saturated heterocycles. The number of aliphatic carboxylic acids is 1. The van der Waals surface area contributed by atoms with Crippen molar-refractivity contribution in [2.45, 2.75) is 0 Å². The van der Waals surface area contributed by atoms with E-state index < -0.39 is 23.4 Å². The number of nitrogens with one attached hydrogen (secondary N) is 1. The summed E-state index contributed by atoms with van der Waals surface area (Å²) in [6.45, 7) is -0.433. The third kappa shape index (κ3) is 5.26. The maximum absolute atomic E-state index is 12.3. The van der Waals surface area contributed by atoms with Gasteiger partial charge < -0.3 is 9.84 Å². The fourth-order valence-corrected chi connectivity index (χ4v) is 3.96. The molecule has 3 aromatic rings. The molecule has 0 bridgehead atoms. The van der Waals surface area contributed by atoms with Crippen LogP contribution in [0.2, 0.25) is 0 Å². The molecule has 2 N–H and O–H groups in total. The summed E-state index contributed by atoms with van der Waals surface area (Å²) >= 11 is 3.22. The number of rotatable bonds is 7. The highest BCUT2D eigenvalue weighted by atomic mass is 127. The standard InChI is InChI=1S/C18H12IN3O6S/c19-13-5-10(1-3-14(13)28-9-17(23)24)8-20-21-18(25)16-7-11-6-12(22(26)27)2-4-15(11)29-16/h1-8H,9H2,(H,21,25)(H,23,24)/b20-8-. The molecule has 3 rings (SSSR count). The average Bonchev–Trinajstić information content (AvgIpc) is 3.10. The number of thiophene rings is 1. The fourth-order valence-electron chi connectivity index (χ4n) is 2.33. The Hall–Kier alpha value is -3.06. The largest absolute Gasteiger partial charge is 0.481 e. The van der Waals surface area contributed by atoms with Gasteiger partial charge in [-0.15, -0.1) is 11.3 Å². The second-order valence-corrected chi connectivity index (χ2v) is 7.91. The first kappa shape index (κ1) is 20.7. The second-order valence-electron chi connectivity index (χ2n) is 5.66. The molecule has 0 unspecified atom stereocenters. The van der Waals surface area contributed by atoms with Gasteiger partial charge in [-0.25, -0.2) is 10.2 Å². The molecule has 0 aliphatic rings. The molecule has 148 valence electrons. The zero-order valence-corrected chi connectivity index (χ0v) is 17.5. The lowest BCUT2D eigenvalue weighted by atomic mass is 10.2. The summed E-state index contributed by atoms with van der Waals surface area (Å²) < 4.78 is 6.60. The highest BCUT2D eigenvalue weighted by Gasteiger charge is 2.13. The number of carboxylic acid groups (broad SMARTS) is 1. The predicted molar refractivity (Wildman–Crippen MR) is 116 cm³/mol. The van der Waals surface area contributed by atoms with E-state index in [2.05, 4.69) is 10.5 Å².